The van der Waals surface area contributed by atoms with Crippen LogP contribution in [0.1, 0.15) is 45.2 Å². The lowest BCUT2D eigenvalue weighted by Crippen LogP contribution is -2.36. The second-order valence-electron chi connectivity index (χ2n) is 6.63. The first kappa shape index (κ1) is 16.5. The predicted molar refractivity (Wildman–Crippen MR) is 86.8 cm³/mol. The molecule has 0 saturated carbocycles. The molecule has 1 aliphatic heterocycles. The number of rotatable bonds is 4. The highest BCUT2D eigenvalue weighted by Crippen LogP contribution is 2.19. The fraction of sp³-hybridized carbons (Fsp3) is 0.625. The predicted octanol–water partition coefficient (Wildman–Crippen LogP) is 2.21. The van der Waals surface area contributed by atoms with E-state index in [0.717, 1.165) is 24.5 Å². The summed E-state index contributed by atoms with van der Waals surface area (Å²) in [5.74, 6) is 0.994. The molecule has 1 amide bonds. The SMILES string of the molecule is CC(C)(C)OC(=O)NCC(N)c1ccc(N2CCCC2)nc1. The zero-order chi connectivity index (χ0) is 16.2. The first-order valence-electron chi connectivity index (χ1n) is 7.78. The van der Waals surface area contributed by atoms with E-state index in [1.165, 1.54) is 12.8 Å². The molecule has 0 bridgehead atoms. The van der Waals surface area contributed by atoms with Gasteiger partial charge in [0.05, 0.1) is 0 Å². The van der Waals surface area contributed by atoms with E-state index in [1.54, 1.807) is 6.20 Å². The van der Waals surface area contributed by atoms with Crippen LogP contribution in [-0.2, 0) is 4.74 Å². The summed E-state index contributed by atoms with van der Waals surface area (Å²) >= 11 is 0. The third-order valence-electron chi connectivity index (χ3n) is 3.49. The second-order valence-corrected chi connectivity index (χ2v) is 6.63. The highest BCUT2D eigenvalue weighted by molar-refractivity contribution is 5.67. The average Bonchev–Trinajstić information content (AvgIpc) is 2.97. The summed E-state index contributed by atoms with van der Waals surface area (Å²) in [6.45, 7) is 7.94. The minimum Gasteiger partial charge on any atom is -0.444 e. The van der Waals surface area contributed by atoms with Crippen molar-refractivity contribution >= 4 is 11.9 Å². The van der Waals surface area contributed by atoms with Crippen LogP contribution in [0.2, 0.25) is 0 Å². The lowest BCUT2D eigenvalue weighted by Gasteiger charge is -2.21. The molecule has 1 saturated heterocycles. The fourth-order valence-electron chi connectivity index (χ4n) is 2.38. The van der Waals surface area contributed by atoms with Crippen molar-refractivity contribution in [2.45, 2.75) is 45.3 Å². The first-order valence-corrected chi connectivity index (χ1v) is 7.78. The van der Waals surface area contributed by atoms with Crippen molar-refractivity contribution < 1.29 is 9.53 Å². The molecular formula is C16H26N4O2. The van der Waals surface area contributed by atoms with Crippen LogP contribution in [0.4, 0.5) is 10.6 Å². The lowest BCUT2D eigenvalue weighted by atomic mass is 10.1. The highest BCUT2D eigenvalue weighted by Gasteiger charge is 2.17. The third-order valence-corrected chi connectivity index (χ3v) is 3.49. The number of alkyl carbamates (subject to hydrolysis) is 1. The number of carbonyl (C=O) groups is 1. The van der Waals surface area contributed by atoms with Crippen LogP contribution in [0, 0.1) is 0 Å². The number of nitrogens with two attached hydrogens (primary N) is 1. The summed E-state index contributed by atoms with van der Waals surface area (Å²) in [5.41, 5.74) is 6.48. The van der Waals surface area contributed by atoms with E-state index < -0.39 is 11.7 Å². The van der Waals surface area contributed by atoms with Crippen molar-refractivity contribution in [3.63, 3.8) is 0 Å². The van der Waals surface area contributed by atoms with Crippen molar-refractivity contribution in [1.29, 1.82) is 0 Å². The van der Waals surface area contributed by atoms with Gasteiger partial charge in [-0.1, -0.05) is 6.07 Å². The normalized spacial score (nSPS) is 16.5. The van der Waals surface area contributed by atoms with E-state index in [1.807, 2.05) is 32.9 Å². The maximum absolute atomic E-state index is 11.6. The molecule has 2 rings (SSSR count). The third kappa shape index (κ3) is 4.87. The van der Waals surface area contributed by atoms with Gasteiger partial charge in [-0.2, -0.15) is 0 Å². The Balaban J connectivity index is 1.84. The Kier molecular flexibility index (Phi) is 5.24. The van der Waals surface area contributed by atoms with Crippen LogP contribution in [-0.4, -0.2) is 36.3 Å². The summed E-state index contributed by atoms with van der Waals surface area (Å²) in [6.07, 6.45) is 3.78. The minimum absolute atomic E-state index is 0.298. The molecule has 3 N–H and O–H groups in total. The number of hydrogen-bond acceptors (Lipinski definition) is 5. The van der Waals surface area contributed by atoms with Gasteiger partial charge in [-0.3, -0.25) is 0 Å². The Bertz CT molecular complexity index is 490. The highest BCUT2D eigenvalue weighted by atomic mass is 16.6. The molecule has 0 aliphatic carbocycles. The Labute approximate surface area is 132 Å². The molecule has 1 atom stereocenters. The number of ether oxygens (including phenoxy) is 1. The molecule has 1 fully saturated rings. The molecule has 122 valence electrons. The van der Waals surface area contributed by atoms with E-state index in [0.29, 0.717) is 6.54 Å². The molecule has 0 aromatic carbocycles. The Morgan fingerprint density at radius 1 is 1.41 bits per heavy atom. The molecule has 1 aliphatic rings. The molecule has 6 heteroatoms. The first-order chi connectivity index (χ1) is 10.3. The summed E-state index contributed by atoms with van der Waals surface area (Å²) in [5, 5.41) is 2.68. The average molecular weight is 306 g/mol. The fourth-order valence-corrected chi connectivity index (χ4v) is 2.38. The Morgan fingerprint density at radius 2 is 2.09 bits per heavy atom. The number of amides is 1. The molecular weight excluding hydrogens is 280 g/mol. The molecule has 0 spiro atoms. The van der Waals surface area contributed by atoms with Crippen LogP contribution >= 0.6 is 0 Å². The van der Waals surface area contributed by atoms with Gasteiger partial charge in [-0.05, 0) is 45.2 Å². The van der Waals surface area contributed by atoms with Crippen molar-refractivity contribution in [1.82, 2.24) is 10.3 Å². The van der Waals surface area contributed by atoms with Gasteiger partial charge in [0, 0.05) is 31.9 Å². The number of nitrogens with one attached hydrogen (secondary N) is 1. The number of anilines is 1. The van der Waals surface area contributed by atoms with E-state index in [9.17, 15) is 4.79 Å². The second kappa shape index (κ2) is 6.96. The molecule has 1 aromatic heterocycles. The zero-order valence-corrected chi connectivity index (χ0v) is 13.6. The van der Waals surface area contributed by atoms with Gasteiger partial charge in [0.25, 0.3) is 0 Å². The standard InChI is InChI=1S/C16H26N4O2/c1-16(2,3)22-15(21)19-11-13(17)12-6-7-14(18-10-12)20-8-4-5-9-20/h6-7,10,13H,4-5,8-9,11,17H2,1-3H3,(H,19,21). The summed E-state index contributed by atoms with van der Waals surface area (Å²) < 4.78 is 5.18. The molecule has 1 aromatic rings. The summed E-state index contributed by atoms with van der Waals surface area (Å²) in [6, 6.07) is 3.67. The van der Waals surface area contributed by atoms with Crippen molar-refractivity contribution in [2.24, 2.45) is 5.73 Å². The molecule has 6 nitrogen and oxygen atoms in total. The number of pyridine rings is 1. The Morgan fingerprint density at radius 3 is 2.64 bits per heavy atom. The van der Waals surface area contributed by atoms with Crippen molar-refractivity contribution in [3.8, 4) is 0 Å². The zero-order valence-electron chi connectivity index (χ0n) is 13.6. The quantitative estimate of drug-likeness (QED) is 0.891. The molecule has 22 heavy (non-hydrogen) atoms. The number of nitrogens with zero attached hydrogens (tertiary/aromatic N) is 2. The Hall–Kier alpha value is -1.82. The van der Waals surface area contributed by atoms with Crippen molar-refractivity contribution in [2.75, 3.05) is 24.5 Å². The monoisotopic (exact) mass is 306 g/mol. The van der Waals surface area contributed by atoms with Gasteiger partial charge < -0.3 is 20.7 Å². The summed E-state index contributed by atoms with van der Waals surface area (Å²) in [4.78, 5) is 18.4. The van der Waals surface area contributed by atoms with E-state index in [4.69, 9.17) is 10.5 Å². The number of carbonyl (C=O) groups excluding carboxylic acids is 1. The van der Waals surface area contributed by atoms with Gasteiger partial charge >= 0.3 is 6.09 Å². The van der Waals surface area contributed by atoms with Gasteiger partial charge in [0.2, 0.25) is 0 Å². The van der Waals surface area contributed by atoms with E-state index >= 15 is 0 Å². The van der Waals surface area contributed by atoms with Gasteiger partial charge in [-0.25, -0.2) is 9.78 Å². The van der Waals surface area contributed by atoms with E-state index in [2.05, 4.69) is 15.2 Å². The molecule has 1 unspecified atom stereocenters. The number of aromatic nitrogens is 1. The lowest BCUT2D eigenvalue weighted by molar-refractivity contribution is 0.0524. The topological polar surface area (TPSA) is 80.5 Å². The van der Waals surface area contributed by atoms with Crippen LogP contribution in [0.25, 0.3) is 0 Å². The number of hydrogen-bond donors (Lipinski definition) is 2. The maximum atomic E-state index is 11.6. The van der Waals surface area contributed by atoms with Gasteiger partial charge in [0.1, 0.15) is 11.4 Å². The largest absolute Gasteiger partial charge is 0.444 e. The molecule has 2 heterocycles. The van der Waals surface area contributed by atoms with Crippen molar-refractivity contribution in [3.05, 3.63) is 23.9 Å². The van der Waals surface area contributed by atoms with Gasteiger partial charge in [-0.15, -0.1) is 0 Å². The van der Waals surface area contributed by atoms with Gasteiger partial charge in [0.15, 0.2) is 0 Å². The molecule has 0 radical (unpaired) electrons. The summed E-state index contributed by atoms with van der Waals surface area (Å²) in [7, 11) is 0. The van der Waals surface area contributed by atoms with E-state index in [-0.39, 0.29) is 6.04 Å². The minimum atomic E-state index is -0.507. The van der Waals surface area contributed by atoms with Crippen LogP contribution in [0.3, 0.4) is 0 Å². The smallest absolute Gasteiger partial charge is 0.407 e. The van der Waals surface area contributed by atoms with Crippen LogP contribution < -0.4 is 16.0 Å². The maximum Gasteiger partial charge on any atom is 0.407 e. The van der Waals surface area contributed by atoms with Crippen LogP contribution in [0.15, 0.2) is 18.3 Å². The van der Waals surface area contributed by atoms with Crippen LogP contribution in [0.5, 0.6) is 0 Å².